The van der Waals surface area contributed by atoms with E-state index in [0.29, 0.717) is 24.3 Å². The zero-order valence-corrected chi connectivity index (χ0v) is 17.0. The summed E-state index contributed by atoms with van der Waals surface area (Å²) < 4.78 is 2.10. The average Bonchev–Trinajstić information content (AvgIpc) is 3.48. The summed E-state index contributed by atoms with van der Waals surface area (Å²) in [6, 6.07) is 12.6. The van der Waals surface area contributed by atoms with E-state index in [0.717, 1.165) is 22.6 Å². The van der Waals surface area contributed by atoms with Crippen LogP contribution in [0.4, 0.5) is 5.82 Å². The second kappa shape index (κ2) is 7.14. The largest absolute Gasteiger partial charge is 0.327 e. The van der Waals surface area contributed by atoms with E-state index in [1.807, 2.05) is 24.4 Å². The zero-order chi connectivity index (χ0) is 20.0. The highest BCUT2D eigenvalue weighted by Crippen LogP contribution is 2.37. The van der Waals surface area contributed by atoms with E-state index in [4.69, 9.17) is 4.98 Å². The molecule has 2 aliphatic rings. The maximum atomic E-state index is 13.2. The van der Waals surface area contributed by atoms with Gasteiger partial charge in [-0.25, -0.2) is 9.97 Å². The molecule has 0 spiro atoms. The highest BCUT2D eigenvalue weighted by atomic mass is 16.2. The number of hydrogen-bond acceptors (Lipinski definition) is 3. The maximum Gasteiger partial charge on any atom is 0.260 e. The average molecular weight is 386 g/mol. The summed E-state index contributed by atoms with van der Waals surface area (Å²) in [5, 5.41) is 0. The minimum Gasteiger partial charge on any atom is -0.327 e. The molecule has 1 aliphatic carbocycles. The first-order chi connectivity index (χ1) is 14.1. The van der Waals surface area contributed by atoms with Gasteiger partial charge < -0.3 is 4.57 Å². The minimum atomic E-state index is 0.0525. The topological polar surface area (TPSA) is 51.0 Å². The number of carbonyl (C=O) groups excluding carboxylic acids is 1. The van der Waals surface area contributed by atoms with Crippen LogP contribution in [0.25, 0.3) is 11.5 Å². The predicted molar refractivity (Wildman–Crippen MR) is 114 cm³/mol. The van der Waals surface area contributed by atoms with Crippen LogP contribution in [0.3, 0.4) is 0 Å². The van der Waals surface area contributed by atoms with Crippen LogP contribution in [0.1, 0.15) is 73.0 Å². The fraction of sp³-hybridized carbons (Fsp3) is 0.375. The fourth-order valence-corrected chi connectivity index (χ4v) is 4.64. The summed E-state index contributed by atoms with van der Waals surface area (Å²) in [5.74, 6) is 2.18. The van der Waals surface area contributed by atoms with Crippen LogP contribution in [0.15, 0.2) is 48.8 Å². The number of nitrogens with zero attached hydrogens (tertiary/aromatic N) is 4. The molecule has 3 heterocycles. The Balaban J connectivity index is 1.46. The molecule has 3 aromatic rings. The van der Waals surface area contributed by atoms with Crippen molar-refractivity contribution in [3.63, 3.8) is 0 Å². The Bertz CT molecular complexity index is 1060. The van der Waals surface area contributed by atoms with Crippen molar-refractivity contribution in [2.24, 2.45) is 0 Å². The van der Waals surface area contributed by atoms with E-state index in [9.17, 15) is 4.79 Å². The van der Waals surface area contributed by atoms with Crippen molar-refractivity contribution in [3.05, 3.63) is 65.5 Å². The first-order valence-electron chi connectivity index (χ1n) is 10.6. The molecular formula is C24H26N4O. The van der Waals surface area contributed by atoms with Gasteiger partial charge in [0.05, 0.1) is 6.54 Å². The Morgan fingerprint density at radius 3 is 2.72 bits per heavy atom. The summed E-state index contributed by atoms with van der Waals surface area (Å²) in [5.41, 5.74) is 4.03. The van der Waals surface area contributed by atoms with Gasteiger partial charge in [0.2, 0.25) is 0 Å². The molecule has 1 aliphatic heterocycles. The number of carbonyl (C=O) groups is 1. The Morgan fingerprint density at radius 2 is 1.93 bits per heavy atom. The van der Waals surface area contributed by atoms with Crippen LogP contribution in [0.5, 0.6) is 0 Å². The molecule has 29 heavy (non-hydrogen) atoms. The number of fused-ring (bicyclic) bond motifs is 1. The molecule has 1 fully saturated rings. The standard InChI is InChI=1S/C24H26N4O/c1-16(2)27-13-12-25-23(27)21-8-5-9-22(26-21)28-15-19-11-10-18(14-20(19)24(28)29)17-6-3-4-7-17/h5,8-14,16-17H,3-4,6-7,15H2,1-2H3. The maximum absolute atomic E-state index is 13.2. The van der Waals surface area contributed by atoms with E-state index in [-0.39, 0.29) is 5.91 Å². The first kappa shape index (κ1) is 18.1. The molecule has 1 aromatic carbocycles. The van der Waals surface area contributed by atoms with Crippen molar-refractivity contribution in [1.82, 2.24) is 14.5 Å². The summed E-state index contributed by atoms with van der Waals surface area (Å²) in [6.07, 6.45) is 8.84. The van der Waals surface area contributed by atoms with Crippen LogP contribution in [0, 0.1) is 0 Å². The van der Waals surface area contributed by atoms with Gasteiger partial charge in [0.1, 0.15) is 11.5 Å². The van der Waals surface area contributed by atoms with Gasteiger partial charge in [0.15, 0.2) is 5.82 Å². The SMILES string of the molecule is CC(C)n1ccnc1-c1cccc(N2Cc3ccc(C4CCCC4)cc3C2=O)n1. The molecule has 0 radical (unpaired) electrons. The van der Waals surface area contributed by atoms with Gasteiger partial charge in [-0.1, -0.05) is 31.0 Å². The Kier molecular flexibility index (Phi) is 4.46. The summed E-state index contributed by atoms with van der Waals surface area (Å²) in [6.45, 7) is 4.82. The smallest absolute Gasteiger partial charge is 0.260 e. The molecule has 148 valence electrons. The lowest BCUT2D eigenvalue weighted by atomic mass is 9.94. The minimum absolute atomic E-state index is 0.0525. The number of aromatic nitrogens is 3. The third-order valence-electron chi connectivity index (χ3n) is 6.23. The quantitative estimate of drug-likeness (QED) is 0.608. The van der Waals surface area contributed by atoms with E-state index in [2.05, 4.69) is 41.6 Å². The fourth-order valence-electron chi connectivity index (χ4n) is 4.64. The lowest BCUT2D eigenvalue weighted by Gasteiger charge is -2.16. The van der Waals surface area contributed by atoms with Gasteiger partial charge >= 0.3 is 0 Å². The van der Waals surface area contributed by atoms with Gasteiger partial charge in [-0.15, -0.1) is 0 Å². The zero-order valence-electron chi connectivity index (χ0n) is 17.0. The molecule has 5 rings (SSSR count). The molecular weight excluding hydrogens is 360 g/mol. The monoisotopic (exact) mass is 386 g/mol. The summed E-state index contributed by atoms with van der Waals surface area (Å²) in [7, 11) is 0. The van der Waals surface area contributed by atoms with Gasteiger partial charge in [0, 0.05) is 24.0 Å². The third kappa shape index (κ3) is 3.15. The predicted octanol–water partition coefficient (Wildman–Crippen LogP) is 5.34. The molecule has 5 heteroatoms. The van der Waals surface area contributed by atoms with Crippen LogP contribution in [-0.2, 0) is 6.54 Å². The number of hydrogen-bond donors (Lipinski definition) is 0. The molecule has 0 bridgehead atoms. The molecule has 0 saturated heterocycles. The molecule has 5 nitrogen and oxygen atoms in total. The Labute approximate surface area is 171 Å². The number of imidazole rings is 1. The number of pyridine rings is 1. The Hall–Kier alpha value is -2.95. The summed E-state index contributed by atoms with van der Waals surface area (Å²) in [4.78, 5) is 24.3. The van der Waals surface area contributed by atoms with E-state index >= 15 is 0 Å². The Morgan fingerprint density at radius 1 is 1.10 bits per heavy atom. The highest BCUT2D eigenvalue weighted by Gasteiger charge is 2.31. The van der Waals surface area contributed by atoms with Crippen LogP contribution < -0.4 is 4.90 Å². The lowest BCUT2D eigenvalue weighted by molar-refractivity contribution is 0.0996. The number of rotatable bonds is 4. The second-order valence-electron chi connectivity index (χ2n) is 8.42. The van der Waals surface area contributed by atoms with Crippen molar-refractivity contribution in [2.75, 3.05) is 4.90 Å². The van der Waals surface area contributed by atoms with Gasteiger partial charge in [0.25, 0.3) is 5.91 Å². The number of benzene rings is 1. The van der Waals surface area contributed by atoms with Gasteiger partial charge in [-0.3, -0.25) is 9.69 Å². The normalized spacial score (nSPS) is 16.8. The van der Waals surface area contributed by atoms with Crippen molar-refractivity contribution in [3.8, 4) is 11.5 Å². The number of anilines is 1. The van der Waals surface area contributed by atoms with Gasteiger partial charge in [-0.2, -0.15) is 0 Å². The van der Waals surface area contributed by atoms with Crippen molar-refractivity contribution in [2.45, 2.75) is 58.0 Å². The number of amides is 1. The van der Waals surface area contributed by atoms with E-state index in [1.54, 1.807) is 11.1 Å². The van der Waals surface area contributed by atoms with Crippen LogP contribution in [-0.4, -0.2) is 20.4 Å². The van der Waals surface area contributed by atoms with Gasteiger partial charge in [-0.05, 0) is 61.9 Å². The van der Waals surface area contributed by atoms with Crippen molar-refractivity contribution < 1.29 is 4.79 Å². The molecule has 2 aromatic heterocycles. The lowest BCUT2D eigenvalue weighted by Crippen LogP contribution is -2.24. The van der Waals surface area contributed by atoms with Crippen molar-refractivity contribution >= 4 is 11.7 Å². The highest BCUT2D eigenvalue weighted by molar-refractivity contribution is 6.09. The molecule has 1 saturated carbocycles. The molecule has 0 N–H and O–H groups in total. The summed E-state index contributed by atoms with van der Waals surface area (Å²) >= 11 is 0. The second-order valence-corrected chi connectivity index (χ2v) is 8.42. The molecule has 1 amide bonds. The molecule has 0 atom stereocenters. The third-order valence-corrected chi connectivity index (χ3v) is 6.23. The first-order valence-corrected chi connectivity index (χ1v) is 10.6. The van der Waals surface area contributed by atoms with E-state index in [1.165, 1.54) is 31.2 Å². The van der Waals surface area contributed by atoms with Crippen LogP contribution in [0.2, 0.25) is 0 Å². The van der Waals surface area contributed by atoms with Crippen molar-refractivity contribution in [1.29, 1.82) is 0 Å². The van der Waals surface area contributed by atoms with Crippen LogP contribution >= 0.6 is 0 Å². The molecule has 0 unspecified atom stereocenters. The van der Waals surface area contributed by atoms with E-state index < -0.39 is 0 Å².